The number of halogens is 3. The second kappa shape index (κ2) is 7.50. The van der Waals surface area contributed by atoms with Crippen molar-refractivity contribution < 1.29 is 17.9 Å². The van der Waals surface area contributed by atoms with E-state index in [0.717, 1.165) is 31.7 Å². The molecule has 1 aliphatic heterocycles. The predicted molar refractivity (Wildman–Crippen MR) is 70.8 cm³/mol. The highest BCUT2D eigenvalue weighted by Crippen LogP contribution is 2.28. The maximum atomic E-state index is 12.8. The van der Waals surface area contributed by atoms with Gasteiger partial charge in [0.25, 0.3) is 0 Å². The van der Waals surface area contributed by atoms with Crippen molar-refractivity contribution in [3.63, 3.8) is 0 Å². The zero-order valence-electron chi connectivity index (χ0n) is 11.2. The van der Waals surface area contributed by atoms with E-state index in [2.05, 4.69) is 15.0 Å². The van der Waals surface area contributed by atoms with Crippen LogP contribution in [0.15, 0.2) is 24.3 Å². The summed E-state index contributed by atoms with van der Waals surface area (Å²) in [5.41, 5.74) is 0.822. The van der Waals surface area contributed by atoms with E-state index in [4.69, 9.17) is 0 Å². The number of ether oxygens (including phenoxy) is 1. The fourth-order valence-corrected chi connectivity index (χ4v) is 2.56. The van der Waals surface area contributed by atoms with Crippen LogP contribution in [-0.2, 0) is 0 Å². The Morgan fingerprint density at radius 2 is 2.00 bits per heavy atom. The first-order chi connectivity index (χ1) is 9.70. The quantitative estimate of drug-likeness (QED) is 0.871. The number of hydrogen-bond acceptors (Lipinski definition) is 3. The van der Waals surface area contributed by atoms with E-state index in [9.17, 15) is 13.2 Å². The van der Waals surface area contributed by atoms with Gasteiger partial charge in [0.2, 0.25) is 0 Å². The van der Waals surface area contributed by atoms with Crippen LogP contribution in [0, 0.1) is 0 Å². The lowest BCUT2D eigenvalue weighted by Crippen LogP contribution is -2.45. The van der Waals surface area contributed by atoms with Gasteiger partial charge in [0.05, 0.1) is 6.67 Å². The summed E-state index contributed by atoms with van der Waals surface area (Å²) in [6, 6.07) is 6.47. The van der Waals surface area contributed by atoms with Crippen molar-refractivity contribution in [1.82, 2.24) is 10.2 Å². The molecule has 3 nitrogen and oxygen atoms in total. The zero-order chi connectivity index (χ0) is 14.4. The molecule has 0 bridgehead atoms. The van der Waals surface area contributed by atoms with Gasteiger partial charge in [-0.25, -0.2) is 0 Å². The molecule has 1 atom stereocenters. The van der Waals surface area contributed by atoms with Gasteiger partial charge < -0.3 is 10.1 Å². The van der Waals surface area contributed by atoms with Crippen LogP contribution in [0.2, 0.25) is 0 Å². The lowest BCUT2D eigenvalue weighted by molar-refractivity contribution is -0.0499. The van der Waals surface area contributed by atoms with Crippen molar-refractivity contribution in [3.05, 3.63) is 29.8 Å². The lowest BCUT2D eigenvalue weighted by Gasteiger charge is -2.35. The molecule has 0 saturated carbocycles. The van der Waals surface area contributed by atoms with Gasteiger partial charge in [-0.1, -0.05) is 12.1 Å². The molecule has 0 radical (unpaired) electrons. The van der Waals surface area contributed by atoms with Crippen molar-refractivity contribution in [3.8, 4) is 5.75 Å². The Labute approximate surface area is 116 Å². The molecule has 0 aliphatic carbocycles. The van der Waals surface area contributed by atoms with Crippen molar-refractivity contribution in [2.24, 2.45) is 0 Å². The zero-order valence-corrected chi connectivity index (χ0v) is 11.2. The fourth-order valence-electron chi connectivity index (χ4n) is 2.56. The lowest BCUT2D eigenvalue weighted by atomic mass is 10.0. The van der Waals surface area contributed by atoms with Gasteiger partial charge >= 0.3 is 6.61 Å². The minimum absolute atomic E-state index is 0.0941. The van der Waals surface area contributed by atoms with Gasteiger partial charge in [-0.2, -0.15) is 8.78 Å². The molecular weight excluding hydrogens is 269 g/mol. The summed E-state index contributed by atoms with van der Waals surface area (Å²) in [7, 11) is 0. The molecule has 1 saturated heterocycles. The van der Waals surface area contributed by atoms with Crippen LogP contribution in [0.4, 0.5) is 13.2 Å². The number of nitrogens with zero attached hydrogens (tertiary/aromatic N) is 1. The predicted octanol–water partition coefficient (Wildman–Crippen LogP) is 2.59. The molecule has 1 N–H and O–H groups in total. The molecule has 1 aliphatic rings. The van der Waals surface area contributed by atoms with Crippen LogP contribution < -0.4 is 10.1 Å². The van der Waals surface area contributed by atoms with E-state index < -0.39 is 13.3 Å². The summed E-state index contributed by atoms with van der Waals surface area (Å²) in [5, 5.41) is 3.24. The highest BCUT2D eigenvalue weighted by atomic mass is 19.3. The molecule has 1 fully saturated rings. The molecule has 20 heavy (non-hydrogen) atoms. The topological polar surface area (TPSA) is 24.5 Å². The number of piperazine rings is 1. The van der Waals surface area contributed by atoms with Gasteiger partial charge in [0, 0.05) is 32.2 Å². The minimum atomic E-state index is -2.84. The Morgan fingerprint density at radius 3 is 2.65 bits per heavy atom. The second-order valence-corrected chi connectivity index (χ2v) is 4.73. The summed E-state index contributed by atoms with van der Waals surface area (Å²) in [6.45, 7) is 0.0829. The smallest absolute Gasteiger partial charge is 0.387 e. The molecule has 0 unspecified atom stereocenters. The molecule has 2 rings (SSSR count). The molecule has 0 spiro atoms. The van der Waals surface area contributed by atoms with Crippen molar-refractivity contribution in [2.75, 3.05) is 32.9 Å². The fraction of sp³-hybridized carbons (Fsp3) is 0.571. The third kappa shape index (κ3) is 4.11. The first kappa shape index (κ1) is 15.1. The summed E-state index contributed by atoms with van der Waals surface area (Å²) >= 11 is 0. The molecule has 0 amide bonds. The first-order valence-corrected chi connectivity index (χ1v) is 6.76. The summed E-state index contributed by atoms with van der Waals surface area (Å²) in [5.74, 6) is 0.122. The number of hydrogen-bond donors (Lipinski definition) is 1. The van der Waals surface area contributed by atoms with Crippen LogP contribution in [0.1, 0.15) is 18.0 Å². The SMILES string of the molecule is FCC[C@@H](c1cccc(OC(F)F)c1)N1CCNCC1. The highest BCUT2D eigenvalue weighted by Gasteiger charge is 2.22. The van der Waals surface area contributed by atoms with Crippen molar-refractivity contribution >= 4 is 0 Å². The normalized spacial score (nSPS) is 18.2. The maximum Gasteiger partial charge on any atom is 0.387 e. The minimum Gasteiger partial charge on any atom is -0.435 e. The van der Waals surface area contributed by atoms with E-state index in [-0.39, 0.29) is 11.8 Å². The molecule has 0 aromatic heterocycles. The molecular formula is C14H19F3N2O. The van der Waals surface area contributed by atoms with Gasteiger partial charge in [0.15, 0.2) is 0 Å². The van der Waals surface area contributed by atoms with E-state index in [1.807, 2.05) is 6.07 Å². The van der Waals surface area contributed by atoms with Crippen LogP contribution >= 0.6 is 0 Å². The van der Waals surface area contributed by atoms with Crippen LogP contribution in [0.5, 0.6) is 5.75 Å². The van der Waals surface area contributed by atoms with Crippen LogP contribution in [0.3, 0.4) is 0 Å². The molecule has 1 heterocycles. The standard InChI is InChI=1S/C14H19F3N2O/c15-5-4-13(19-8-6-18-7-9-19)11-2-1-3-12(10-11)20-14(16)17/h1-3,10,13-14,18H,4-9H2/t13-/m0/s1. The van der Waals surface area contributed by atoms with Gasteiger partial charge in [-0.15, -0.1) is 0 Å². The van der Waals surface area contributed by atoms with E-state index in [0.29, 0.717) is 6.42 Å². The van der Waals surface area contributed by atoms with E-state index >= 15 is 0 Å². The van der Waals surface area contributed by atoms with Crippen molar-refractivity contribution in [2.45, 2.75) is 19.1 Å². The van der Waals surface area contributed by atoms with Crippen LogP contribution in [-0.4, -0.2) is 44.4 Å². The van der Waals surface area contributed by atoms with Crippen LogP contribution in [0.25, 0.3) is 0 Å². The van der Waals surface area contributed by atoms with Crippen molar-refractivity contribution in [1.29, 1.82) is 0 Å². The molecule has 1 aromatic carbocycles. The first-order valence-electron chi connectivity index (χ1n) is 6.76. The van der Waals surface area contributed by atoms with E-state index in [1.165, 1.54) is 6.07 Å². The van der Waals surface area contributed by atoms with Gasteiger partial charge in [0.1, 0.15) is 5.75 Å². The van der Waals surface area contributed by atoms with E-state index in [1.54, 1.807) is 12.1 Å². The molecule has 1 aromatic rings. The third-order valence-electron chi connectivity index (χ3n) is 3.44. The second-order valence-electron chi connectivity index (χ2n) is 4.73. The summed E-state index contributed by atoms with van der Waals surface area (Å²) in [4.78, 5) is 2.18. The summed E-state index contributed by atoms with van der Waals surface area (Å²) < 4.78 is 41.7. The average Bonchev–Trinajstić information content (AvgIpc) is 2.45. The molecule has 112 valence electrons. The maximum absolute atomic E-state index is 12.8. The Morgan fingerprint density at radius 1 is 1.25 bits per heavy atom. The van der Waals surface area contributed by atoms with Gasteiger partial charge in [-0.05, 0) is 24.1 Å². The largest absolute Gasteiger partial charge is 0.435 e. The number of nitrogens with one attached hydrogen (secondary N) is 1. The third-order valence-corrected chi connectivity index (χ3v) is 3.44. The molecule has 6 heteroatoms. The number of rotatable bonds is 6. The highest BCUT2D eigenvalue weighted by molar-refractivity contribution is 5.30. The average molecular weight is 288 g/mol. The Hall–Kier alpha value is -1.27. The summed E-state index contributed by atoms with van der Waals surface area (Å²) in [6.07, 6.45) is 0.359. The monoisotopic (exact) mass is 288 g/mol. The van der Waals surface area contributed by atoms with Gasteiger partial charge in [-0.3, -0.25) is 9.29 Å². The number of benzene rings is 1. The Balaban J connectivity index is 2.15. The number of alkyl halides is 3. The Bertz CT molecular complexity index is 411. The Kier molecular flexibility index (Phi) is 5.67.